The van der Waals surface area contributed by atoms with E-state index in [0.717, 1.165) is 23.2 Å². The van der Waals surface area contributed by atoms with Crippen molar-refractivity contribution in [1.82, 2.24) is 9.88 Å². The SMILES string of the molecule is CC1CCCN(Cc2cc(Cl)ccn2)C1C. The summed E-state index contributed by atoms with van der Waals surface area (Å²) in [7, 11) is 0. The van der Waals surface area contributed by atoms with Gasteiger partial charge in [0, 0.05) is 23.8 Å². The van der Waals surface area contributed by atoms with Gasteiger partial charge in [-0.05, 0) is 44.4 Å². The lowest BCUT2D eigenvalue weighted by Gasteiger charge is -2.37. The van der Waals surface area contributed by atoms with Gasteiger partial charge >= 0.3 is 0 Å². The first-order valence-electron chi connectivity index (χ1n) is 6.01. The third-order valence-electron chi connectivity index (χ3n) is 3.65. The number of pyridine rings is 1. The largest absolute Gasteiger partial charge is 0.295 e. The van der Waals surface area contributed by atoms with Gasteiger partial charge in [0.1, 0.15) is 0 Å². The normalized spacial score (nSPS) is 26.9. The Bertz CT molecular complexity index is 354. The van der Waals surface area contributed by atoms with Gasteiger partial charge in [0.05, 0.1) is 5.69 Å². The van der Waals surface area contributed by atoms with Crippen molar-refractivity contribution < 1.29 is 0 Å². The molecule has 2 atom stereocenters. The third kappa shape index (κ3) is 2.74. The van der Waals surface area contributed by atoms with Crippen LogP contribution in [0.2, 0.25) is 5.02 Å². The summed E-state index contributed by atoms with van der Waals surface area (Å²) >= 11 is 5.97. The van der Waals surface area contributed by atoms with E-state index in [1.807, 2.05) is 12.1 Å². The summed E-state index contributed by atoms with van der Waals surface area (Å²) in [5.74, 6) is 0.785. The highest BCUT2D eigenvalue weighted by atomic mass is 35.5. The first-order valence-corrected chi connectivity index (χ1v) is 6.39. The number of rotatable bonds is 2. The van der Waals surface area contributed by atoms with Gasteiger partial charge in [0.2, 0.25) is 0 Å². The molecule has 1 aromatic heterocycles. The van der Waals surface area contributed by atoms with E-state index in [1.165, 1.54) is 19.4 Å². The van der Waals surface area contributed by atoms with Gasteiger partial charge in [-0.3, -0.25) is 9.88 Å². The van der Waals surface area contributed by atoms with Crippen LogP contribution < -0.4 is 0 Å². The molecule has 0 aromatic carbocycles. The molecule has 1 saturated heterocycles. The average Bonchev–Trinajstić information content (AvgIpc) is 2.25. The van der Waals surface area contributed by atoms with Crippen LogP contribution in [0.5, 0.6) is 0 Å². The molecule has 16 heavy (non-hydrogen) atoms. The lowest BCUT2D eigenvalue weighted by Crippen LogP contribution is -2.41. The Morgan fingerprint density at radius 1 is 1.50 bits per heavy atom. The zero-order chi connectivity index (χ0) is 11.5. The zero-order valence-corrected chi connectivity index (χ0v) is 10.7. The molecule has 88 valence electrons. The Kier molecular flexibility index (Phi) is 3.82. The fraction of sp³-hybridized carbons (Fsp3) is 0.615. The van der Waals surface area contributed by atoms with Gasteiger partial charge in [-0.2, -0.15) is 0 Å². The molecule has 1 fully saturated rings. The van der Waals surface area contributed by atoms with E-state index in [0.29, 0.717) is 6.04 Å². The van der Waals surface area contributed by atoms with Gasteiger partial charge in [-0.15, -0.1) is 0 Å². The number of hydrogen-bond acceptors (Lipinski definition) is 2. The van der Waals surface area contributed by atoms with E-state index in [4.69, 9.17) is 11.6 Å². The summed E-state index contributed by atoms with van der Waals surface area (Å²) in [5.41, 5.74) is 1.08. The Balaban J connectivity index is 2.03. The standard InChI is InChI=1S/C13H19ClN2/c1-10-4-3-7-16(11(10)2)9-13-8-12(14)5-6-15-13/h5-6,8,10-11H,3-4,7,9H2,1-2H3. The van der Waals surface area contributed by atoms with Crippen LogP contribution in [0.3, 0.4) is 0 Å². The molecule has 2 heterocycles. The summed E-state index contributed by atoms with van der Waals surface area (Å²) in [6, 6.07) is 4.44. The van der Waals surface area contributed by atoms with Crippen LogP contribution in [-0.4, -0.2) is 22.5 Å². The molecule has 0 saturated carbocycles. The van der Waals surface area contributed by atoms with Gasteiger partial charge in [0.25, 0.3) is 0 Å². The maximum absolute atomic E-state index is 5.97. The predicted molar refractivity (Wildman–Crippen MR) is 67.5 cm³/mol. The molecule has 0 radical (unpaired) electrons. The second kappa shape index (κ2) is 5.15. The number of nitrogens with zero attached hydrogens (tertiary/aromatic N) is 2. The van der Waals surface area contributed by atoms with Gasteiger partial charge < -0.3 is 0 Å². The molecule has 3 heteroatoms. The Morgan fingerprint density at radius 2 is 2.31 bits per heavy atom. The Morgan fingerprint density at radius 3 is 3.06 bits per heavy atom. The number of piperidine rings is 1. The molecular formula is C13H19ClN2. The maximum atomic E-state index is 5.97. The lowest BCUT2D eigenvalue weighted by molar-refractivity contribution is 0.105. The molecule has 1 aliphatic heterocycles. The smallest absolute Gasteiger partial charge is 0.0558 e. The summed E-state index contributed by atoms with van der Waals surface area (Å²) in [4.78, 5) is 6.87. The van der Waals surface area contributed by atoms with E-state index in [2.05, 4.69) is 23.7 Å². The zero-order valence-electron chi connectivity index (χ0n) is 9.99. The molecule has 0 aliphatic carbocycles. The van der Waals surface area contributed by atoms with Crippen molar-refractivity contribution in [3.05, 3.63) is 29.0 Å². The van der Waals surface area contributed by atoms with Crippen molar-refractivity contribution in [2.45, 2.75) is 39.3 Å². The van der Waals surface area contributed by atoms with E-state index in [-0.39, 0.29) is 0 Å². The van der Waals surface area contributed by atoms with Crippen LogP contribution in [0.25, 0.3) is 0 Å². The van der Waals surface area contributed by atoms with Gasteiger partial charge in [0.15, 0.2) is 0 Å². The van der Waals surface area contributed by atoms with Crippen molar-refractivity contribution in [3.63, 3.8) is 0 Å². The highest BCUT2D eigenvalue weighted by Crippen LogP contribution is 2.24. The number of halogens is 1. The lowest BCUT2D eigenvalue weighted by atomic mass is 9.92. The van der Waals surface area contributed by atoms with E-state index in [9.17, 15) is 0 Å². The average molecular weight is 239 g/mol. The number of hydrogen-bond donors (Lipinski definition) is 0. The molecule has 0 spiro atoms. The highest BCUT2D eigenvalue weighted by Gasteiger charge is 2.24. The Hall–Kier alpha value is -0.600. The molecule has 2 nitrogen and oxygen atoms in total. The minimum Gasteiger partial charge on any atom is -0.295 e. The van der Waals surface area contributed by atoms with Crippen molar-refractivity contribution in [3.8, 4) is 0 Å². The topological polar surface area (TPSA) is 16.1 Å². The van der Waals surface area contributed by atoms with Crippen molar-refractivity contribution in [2.75, 3.05) is 6.54 Å². The highest BCUT2D eigenvalue weighted by molar-refractivity contribution is 6.30. The van der Waals surface area contributed by atoms with E-state index >= 15 is 0 Å². The quantitative estimate of drug-likeness (QED) is 0.786. The summed E-state index contributed by atoms with van der Waals surface area (Å²) in [6.07, 6.45) is 4.43. The van der Waals surface area contributed by atoms with Crippen molar-refractivity contribution >= 4 is 11.6 Å². The first-order chi connectivity index (χ1) is 7.66. The van der Waals surface area contributed by atoms with Gasteiger partial charge in [-0.1, -0.05) is 18.5 Å². The predicted octanol–water partition coefficient (Wildman–Crippen LogP) is 3.36. The molecule has 0 N–H and O–H groups in total. The Labute approximate surface area is 103 Å². The van der Waals surface area contributed by atoms with Crippen LogP contribution in [0.15, 0.2) is 18.3 Å². The number of likely N-dealkylation sites (tertiary alicyclic amines) is 1. The van der Waals surface area contributed by atoms with Crippen LogP contribution in [0, 0.1) is 5.92 Å². The maximum Gasteiger partial charge on any atom is 0.0558 e. The molecule has 2 rings (SSSR count). The van der Waals surface area contributed by atoms with Crippen molar-refractivity contribution in [2.24, 2.45) is 5.92 Å². The molecule has 0 amide bonds. The summed E-state index contributed by atoms with van der Waals surface area (Å²) < 4.78 is 0. The third-order valence-corrected chi connectivity index (χ3v) is 3.88. The molecule has 0 bridgehead atoms. The molecule has 2 unspecified atom stereocenters. The van der Waals surface area contributed by atoms with E-state index in [1.54, 1.807) is 6.20 Å². The monoisotopic (exact) mass is 238 g/mol. The van der Waals surface area contributed by atoms with Gasteiger partial charge in [-0.25, -0.2) is 0 Å². The molecule has 1 aliphatic rings. The minimum absolute atomic E-state index is 0.648. The second-order valence-electron chi connectivity index (χ2n) is 4.80. The van der Waals surface area contributed by atoms with Crippen LogP contribution in [0.4, 0.5) is 0 Å². The molecular weight excluding hydrogens is 220 g/mol. The summed E-state index contributed by atoms with van der Waals surface area (Å²) in [6.45, 7) is 6.75. The van der Waals surface area contributed by atoms with Crippen LogP contribution >= 0.6 is 11.6 Å². The first kappa shape index (κ1) is 11.9. The minimum atomic E-state index is 0.648. The number of aromatic nitrogens is 1. The fourth-order valence-corrected chi connectivity index (χ4v) is 2.57. The van der Waals surface area contributed by atoms with Crippen molar-refractivity contribution in [1.29, 1.82) is 0 Å². The second-order valence-corrected chi connectivity index (χ2v) is 5.23. The molecule has 1 aromatic rings. The summed E-state index contributed by atoms with van der Waals surface area (Å²) in [5, 5.41) is 0.780. The fourth-order valence-electron chi connectivity index (χ4n) is 2.39. The van der Waals surface area contributed by atoms with E-state index < -0.39 is 0 Å². The van der Waals surface area contributed by atoms with Crippen LogP contribution in [-0.2, 0) is 6.54 Å². The van der Waals surface area contributed by atoms with Crippen LogP contribution in [0.1, 0.15) is 32.4 Å².